The molecule has 1 heterocycles. The third-order valence-corrected chi connectivity index (χ3v) is 2.59. The molecule has 0 saturated heterocycles. The van der Waals surface area contributed by atoms with Crippen molar-refractivity contribution >= 4 is 21.9 Å². The molecule has 0 aliphatic heterocycles. The Balaban J connectivity index is 3.23. The minimum atomic E-state index is -2.75. The number of carbonyl (C=O) groups is 1. The van der Waals surface area contributed by atoms with Crippen molar-refractivity contribution < 1.29 is 23.4 Å². The van der Waals surface area contributed by atoms with Gasteiger partial charge in [0, 0.05) is 11.8 Å². The molecule has 0 saturated carbocycles. The van der Waals surface area contributed by atoms with Gasteiger partial charge in [-0.15, -0.1) is 0 Å². The predicted molar refractivity (Wildman–Crippen MR) is 54.8 cm³/mol. The lowest BCUT2D eigenvalue weighted by atomic mass is 10.1. The van der Waals surface area contributed by atoms with Gasteiger partial charge in [0.1, 0.15) is 11.4 Å². The van der Waals surface area contributed by atoms with E-state index in [0.717, 1.165) is 6.20 Å². The molecule has 7 heteroatoms. The second-order valence-corrected chi connectivity index (χ2v) is 3.68. The summed E-state index contributed by atoms with van der Waals surface area (Å²) in [6.07, 6.45) is -2.00. The fourth-order valence-corrected chi connectivity index (χ4v) is 1.87. The highest BCUT2D eigenvalue weighted by Gasteiger charge is 2.20. The van der Waals surface area contributed by atoms with Gasteiger partial charge in [-0.1, -0.05) is 0 Å². The van der Waals surface area contributed by atoms with Gasteiger partial charge < -0.3 is 9.84 Å². The Labute approximate surface area is 98.4 Å². The molecule has 0 aliphatic carbocycles. The number of rotatable bonds is 4. The van der Waals surface area contributed by atoms with E-state index >= 15 is 0 Å². The number of halogens is 3. The number of ether oxygens (including phenoxy) is 1. The van der Waals surface area contributed by atoms with Crippen LogP contribution in [0, 0.1) is 0 Å². The monoisotopic (exact) mass is 295 g/mol. The summed E-state index contributed by atoms with van der Waals surface area (Å²) in [5, 5.41) is 8.61. The molecule has 1 aromatic rings. The Morgan fingerprint density at radius 1 is 1.69 bits per heavy atom. The van der Waals surface area contributed by atoms with Gasteiger partial charge in [0.15, 0.2) is 0 Å². The van der Waals surface area contributed by atoms with Crippen LogP contribution < -0.4 is 4.74 Å². The zero-order valence-corrected chi connectivity index (χ0v) is 9.79. The molecule has 1 rings (SSSR count). The van der Waals surface area contributed by atoms with E-state index < -0.39 is 18.1 Å². The molecular formula is C9H8BrF2NO3. The number of carboxylic acid groups (broad SMARTS) is 1. The largest absolute Gasteiger partial charge is 0.495 e. The molecule has 0 radical (unpaired) electrons. The van der Waals surface area contributed by atoms with Crippen LogP contribution >= 0.6 is 15.9 Å². The molecule has 88 valence electrons. The van der Waals surface area contributed by atoms with E-state index in [0.29, 0.717) is 0 Å². The van der Waals surface area contributed by atoms with Crippen LogP contribution in [0.3, 0.4) is 0 Å². The zero-order chi connectivity index (χ0) is 12.3. The van der Waals surface area contributed by atoms with Crippen molar-refractivity contribution in [2.45, 2.75) is 12.8 Å². The zero-order valence-electron chi connectivity index (χ0n) is 8.21. The van der Waals surface area contributed by atoms with Gasteiger partial charge in [-0.2, -0.15) is 0 Å². The Hall–Kier alpha value is -1.24. The van der Waals surface area contributed by atoms with Crippen LogP contribution in [0.15, 0.2) is 10.7 Å². The summed E-state index contributed by atoms with van der Waals surface area (Å²) in [6, 6.07) is 0. The van der Waals surface area contributed by atoms with Crippen LogP contribution in [0.1, 0.15) is 17.7 Å². The maximum absolute atomic E-state index is 12.5. The first-order valence-corrected chi connectivity index (χ1v) is 4.97. The molecular weight excluding hydrogens is 288 g/mol. The second-order valence-electron chi connectivity index (χ2n) is 2.89. The molecule has 0 unspecified atom stereocenters. The van der Waals surface area contributed by atoms with Crippen molar-refractivity contribution in [2.24, 2.45) is 0 Å². The first-order valence-electron chi connectivity index (χ1n) is 4.18. The van der Waals surface area contributed by atoms with Gasteiger partial charge >= 0.3 is 5.97 Å². The van der Waals surface area contributed by atoms with Gasteiger partial charge in [-0.05, 0) is 15.9 Å². The Morgan fingerprint density at radius 2 is 2.31 bits per heavy atom. The summed E-state index contributed by atoms with van der Waals surface area (Å²) < 4.78 is 29.8. The van der Waals surface area contributed by atoms with Crippen molar-refractivity contribution in [3.05, 3.63) is 21.9 Å². The number of methoxy groups -OCH3 is 1. The number of aliphatic carboxylic acids is 1. The van der Waals surface area contributed by atoms with Crippen LogP contribution in [-0.4, -0.2) is 23.2 Å². The minimum Gasteiger partial charge on any atom is -0.495 e. The summed E-state index contributed by atoms with van der Waals surface area (Å²) in [5.41, 5.74) is -0.225. The number of carboxylic acids is 1. The lowest BCUT2D eigenvalue weighted by molar-refractivity contribution is -0.136. The van der Waals surface area contributed by atoms with Crippen molar-refractivity contribution in [1.29, 1.82) is 0 Å². The third-order valence-electron chi connectivity index (χ3n) is 1.83. The Kier molecular flexibility index (Phi) is 4.17. The normalized spacial score (nSPS) is 10.6. The van der Waals surface area contributed by atoms with Crippen LogP contribution in [-0.2, 0) is 11.2 Å². The van der Waals surface area contributed by atoms with Crippen molar-refractivity contribution in [2.75, 3.05) is 7.11 Å². The molecule has 1 N–H and O–H groups in total. The maximum atomic E-state index is 12.5. The molecule has 0 aliphatic rings. The number of nitrogens with zero attached hydrogens (tertiary/aromatic N) is 1. The van der Waals surface area contributed by atoms with E-state index in [9.17, 15) is 13.6 Å². The van der Waals surface area contributed by atoms with E-state index in [1.54, 1.807) is 0 Å². The third kappa shape index (κ3) is 2.66. The van der Waals surface area contributed by atoms with E-state index in [-0.39, 0.29) is 22.2 Å². The summed E-state index contributed by atoms with van der Waals surface area (Å²) in [6.45, 7) is 0. The van der Waals surface area contributed by atoms with E-state index in [1.165, 1.54) is 7.11 Å². The standard InChI is InChI=1S/C9H8BrF2NO3/c1-16-8-4(2-5(14)15)3-13-7(6(8)10)9(11)12/h3,9H,2H2,1H3,(H,14,15). The SMILES string of the molecule is COc1c(CC(=O)O)cnc(C(F)F)c1Br. The molecule has 0 atom stereocenters. The number of pyridine rings is 1. The van der Waals surface area contributed by atoms with Gasteiger partial charge in [-0.3, -0.25) is 9.78 Å². The van der Waals surface area contributed by atoms with Gasteiger partial charge in [0.05, 0.1) is 18.0 Å². The van der Waals surface area contributed by atoms with Crippen LogP contribution in [0.4, 0.5) is 8.78 Å². The highest BCUT2D eigenvalue weighted by Crippen LogP contribution is 2.35. The second kappa shape index (κ2) is 5.20. The minimum absolute atomic E-state index is 0.0104. The number of aromatic nitrogens is 1. The molecule has 0 amide bonds. The number of alkyl halides is 2. The lowest BCUT2D eigenvalue weighted by Crippen LogP contribution is -2.05. The predicted octanol–water partition coefficient (Wildman–Crippen LogP) is 2.42. The number of hydrogen-bond donors (Lipinski definition) is 1. The highest BCUT2D eigenvalue weighted by atomic mass is 79.9. The van der Waals surface area contributed by atoms with E-state index in [4.69, 9.17) is 9.84 Å². The highest BCUT2D eigenvalue weighted by molar-refractivity contribution is 9.10. The van der Waals surface area contributed by atoms with Crippen molar-refractivity contribution in [1.82, 2.24) is 4.98 Å². The molecule has 0 aromatic carbocycles. The molecule has 1 aromatic heterocycles. The molecule has 0 bridgehead atoms. The summed E-state index contributed by atoms with van der Waals surface area (Å²) in [4.78, 5) is 14.0. The average Bonchev–Trinajstić information content (AvgIpc) is 2.16. The summed E-state index contributed by atoms with van der Waals surface area (Å²) in [7, 11) is 1.28. The van der Waals surface area contributed by atoms with Crippen LogP contribution in [0.25, 0.3) is 0 Å². The quantitative estimate of drug-likeness (QED) is 0.927. The van der Waals surface area contributed by atoms with Gasteiger partial charge in [0.2, 0.25) is 0 Å². The molecule has 0 spiro atoms. The average molecular weight is 296 g/mol. The van der Waals surface area contributed by atoms with Crippen molar-refractivity contribution in [3.8, 4) is 5.75 Å². The maximum Gasteiger partial charge on any atom is 0.308 e. The van der Waals surface area contributed by atoms with E-state index in [2.05, 4.69) is 20.9 Å². The van der Waals surface area contributed by atoms with Gasteiger partial charge in [-0.25, -0.2) is 8.78 Å². The fraction of sp³-hybridized carbons (Fsp3) is 0.333. The lowest BCUT2D eigenvalue weighted by Gasteiger charge is -2.11. The first-order chi connectivity index (χ1) is 7.47. The smallest absolute Gasteiger partial charge is 0.308 e. The van der Waals surface area contributed by atoms with Gasteiger partial charge in [0.25, 0.3) is 6.43 Å². The van der Waals surface area contributed by atoms with Crippen LogP contribution in [0.5, 0.6) is 5.75 Å². The molecule has 16 heavy (non-hydrogen) atoms. The number of hydrogen-bond acceptors (Lipinski definition) is 3. The summed E-state index contributed by atoms with van der Waals surface area (Å²) >= 11 is 2.92. The first kappa shape index (κ1) is 12.8. The topological polar surface area (TPSA) is 59.4 Å². The summed E-state index contributed by atoms with van der Waals surface area (Å²) in [5.74, 6) is -1.01. The molecule has 4 nitrogen and oxygen atoms in total. The van der Waals surface area contributed by atoms with Crippen LogP contribution in [0.2, 0.25) is 0 Å². The van der Waals surface area contributed by atoms with Crippen molar-refractivity contribution in [3.63, 3.8) is 0 Å². The molecule has 0 fully saturated rings. The fourth-order valence-electron chi connectivity index (χ4n) is 1.18. The van der Waals surface area contributed by atoms with E-state index in [1.807, 2.05) is 0 Å². The Bertz CT molecular complexity index is 412. The Morgan fingerprint density at radius 3 is 2.75 bits per heavy atom.